The molecule has 2 aromatic heterocycles. The van der Waals surface area contributed by atoms with E-state index in [1.54, 1.807) is 0 Å². The molecule has 0 saturated carbocycles. The van der Waals surface area contributed by atoms with Gasteiger partial charge >= 0.3 is 0 Å². The molecule has 2 N–H and O–H groups in total. The molecule has 0 bridgehead atoms. The van der Waals surface area contributed by atoms with Crippen molar-refractivity contribution >= 4 is 33.1 Å². The van der Waals surface area contributed by atoms with Crippen LogP contribution in [0.25, 0.3) is 10.2 Å². The van der Waals surface area contributed by atoms with Crippen LogP contribution in [0.1, 0.15) is 52.2 Å². The lowest BCUT2D eigenvalue weighted by Crippen LogP contribution is -2.31. The number of thiophene rings is 1. The summed E-state index contributed by atoms with van der Waals surface area (Å²) in [5.41, 5.74) is 10.3. The lowest BCUT2D eigenvalue weighted by molar-refractivity contribution is 0.0767. The fraction of sp³-hybridized carbons (Fsp3) is 0.529. The second kappa shape index (κ2) is 5.88. The van der Waals surface area contributed by atoms with Gasteiger partial charge < -0.3 is 10.6 Å². The Morgan fingerprint density at radius 2 is 1.73 bits per heavy atom. The molecule has 0 radical (unpaired) electrons. The van der Waals surface area contributed by atoms with Crippen molar-refractivity contribution in [2.24, 2.45) is 0 Å². The van der Waals surface area contributed by atoms with E-state index in [9.17, 15) is 4.79 Å². The highest BCUT2D eigenvalue weighted by atomic mass is 32.1. The topological polar surface area (TPSA) is 59.2 Å². The highest BCUT2D eigenvalue weighted by molar-refractivity contribution is 7.21. The maximum absolute atomic E-state index is 12.9. The minimum atomic E-state index is 0.0807. The Morgan fingerprint density at radius 3 is 2.36 bits per heavy atom. The highest BCUT2D eigenvalue weighted by Gasteiger charge is 2.24. The van der Waals surface area contributed by atoms with Gasteiger partial charge in [0.05, 0.1) is 5.69 Å². The quantitative estimate of drug-likeness (QED) is 0.870. The summed E-state index contributed by atoms with van der Waals surface area (Å²) in [6, 6.07) is 0. The molecular weight excluding hydrogens is 294 g/mol. The number of aromatic nitrogens is 1. The van der Waals surface area contributed by atoms with Gasteiger partial charge in [-0.05, 0) is 44.7 Å². The normalized spacial score (nSPS) is 16.0. The number of nitrogens with zero attached hydrogens (tertiary/aromatic N) is 2. The molecule has 0 aliphatic carbocycles. The van der Waals surface area contributed by atoms with Crippen molar-refractivity contribution in [3.8, 4) is 0 Å². The number of carbonyl (C=O) groups excluding carboxylic acids is 1. The number of rotatable bonds is 1. The van der Waals surface area contributed by atoms with Gasteiger partial charge in [0.15, 0.2) is 0 Å². The molecular formula is C17H23N3OS. The summed E-state index contributed by atoms with van der Waals surface area (Å²) >= 11 is 1.44. The van der Waals surface area contributed by atoms with Crippen molar-refractivity contribution in [3.63, 3.8) is 0 Å². The number of nitrogen functional groups attached to an aromatic ring is 1. The number of fused-ring (bicyclic) bond motifs is 1. The fourth-order valence-corrected chi connectivity index (χ4v) is 4.31. The summed E-state index contributed by atoms with van der Waals surface area (Å²) in [6.07, 6.45) is 4.60. The smallest absolute Gasteiger partial charge is 0.266 e. The number of amides is 1. The standard InChI is InChI=1S/C17H23N3OS/c1-10-11(2)13-14(18)15(22-16(13)19-12(10)3)17(21)20-8-6-4-5-7-9-20/h4-9,18H2,1-3H3. The van der Waals surface area contributed by atoms with E-state index in [2.05, 4.69) is 18.8 Å². The zero-order valence-corrected chi connectivity index (χ0v) is 14.3. The van der Waals surface area contributed by atoms with Crippen molar-refractivity contribution < 1.29 is 4.79 Å². The van der Waals surface area contributed by atoms with Crippen LogP contribution in [-0.2, 0) is 0 Å². The van der Waals surface area contributed by atoms with Crippen molar-refractivity contribution in [3.05, 3.63) is 21.7 Å². The number of likely N-dealkylation sites (tertiary alicyclic amines) is 1. The van der Waals surface area contributed by atoms with E-state index >= 15 is 0 Å². The van der Waals surface area contributed by atoms with Gasteiger partial charge in [-0.3, -0.25) is 4.79 Å². The van der Waals surface area contributed by atoms with Crippen molar-refractivity contribution in [2.75, 3.05) is 18.8 Å². The van der Waals surface area contributed by atoms with Gasteiger partial charge in [-0.2, -0.15) is 0 Å². The average molecular weight is 317 g/mol. The molecule has 1 aliphatic rings. The zero-order valence-electron chi connectivity index (χ0n) is 13.5. The Hall–Kier alpha value is -1.62. The molecule has 1 amide bonds. The lowest BCUT2D eigenvalue weighted by atomic mass is 10.1. The van der Waals surface area contributed by atoms with Crippen LogP contribution in [0.5, 0.6) is 0 Å². The number of pyridine rings is 1. The van der Waals surface area contributed by atoms with E-state index in [0.29, 0.717) is 10.6 Å². The first-order chi connectivity index (χ1) is 10.5. The van der Waals surface area contributed by atoms with E-state index in [-0.39, 0.29) is 5.91 Å². The molecule has 5 heteroatoms. The largest absolute Gasteiger partial charge is 0.397 e. The van der Waals surface area contributed by atoms with E-state index in [1.165, 1.54) is 24.2 Å². The Kier molecular flexibility index (Phi) is 4.08. The SMILES string of the molecule is Cc1nc2sc(C(=O)N3CCCCCC3)c(N)c2c(C)c1C. The predicted molar refractivity (Wildman–Crippen MR) is 92.6 cm³/mol. The van der Waals surface area contributed by atoms with Crippen LogP contribution in [0.2, 0.25) is 0 Å². The van der Waals surface area contributed by atoms with Crippen LogP contribution in [-0.4, -0.2) is 28.9 Å². The molecule has 0 spiro atoms. The Bertz CT molecular complexity index is 727. The second-order valence-electron chi connectivity index (χ2n) is 6.18. The third-order valence-corrected chi connectivity index (χ3v) is 5.85. The first-order valence-corrected chi connectivity index (χ1v) is 8.77. The summed E-state index contributed by atoms with van der Waals surface area (Å²) in [6.45, 7) is 7.82. The van der Waals surface area contributed by atoms with Gasteiger partial charge in [-0.15, -0.1) is 11.3 Å². The molecule has 22 heavy (non-hydrogen) atoms. The Morgan fingerprint density at radius 1 is 1.09 bits per heavy atom. The molecule has 1 aliphatic heterocycles. The molecule has 2 aromatic rings. The molecule has 118 valence electrons. The van der Waals surface area contributed by atoms with Gasteiger partial charge in [-0.1, -0.05) is 12.8 Å². The van der Waals surface area contributed by atoms with Gasteiger partial charge in [0.25, 0.3) is 5.91 Å². The van der Waals surface area contributed by atoms with Gasteiger partial charge in [0.1, 0.15) is 9.71 Å². The minimum absolute atomic E-state index is 0.0807. The van der Waals surface area contributed by atoms with Crippen LogP contribution in [0.4, 0.5) is 5.69 Å². The number of carbonyl (C=O) groups is 1. The maximum atomic E-state index is 12.9. The summed E-state index contributed by atoms with van der Waals surface area (Å²) < 4.78 is 0. The van der Waals surface area contributed by atoms with Gasteiger partial charge in [-0.25, -0.2) is 4.98 Å². The van der Waals surface area contributed by atoms with Crippen LogP contribution in [0.3, 0.4) is 0 Å². The van der Waals surface area contributed by atoms with Crippen LogP contribution < -0.4 is 5.73 Å². The molecule has 3 heterocycles. The van der Waals surface area contributed by atoms with E-state index in [1.807, 2.05) is 11.8 Å². The second-order valence-corrected chi connectivity index (χ2v) is 7.18. The number of hydrogen-bond donors (Lipinski definition) is 1. The first kappa shape index (κ1) is 15.3. The van der Waals surface area contributed by atoms with Crippen molar-refractivity contribution in [1.29, 1.82) is 0 Å². The van der Waals surface area contributed by atoms with Crippen LogP contribution >= 0.6 is 11.3 Å². The minimum Gasteiger partial charge on any atom is -0.397 e. The summed E-state index contributed by atoms with van der Waals surface area (Å²) in [5.74, 6) is 0.0807. The molecule has 3 rings (SSSR count). The first-order valence-electron chi connectivity index (χ1n) is 7.95. The molecule has 0 unspecified atom stereocenters. The van der Waals surface area contributed by atoms with Crippen LogP contribution in [0, 0.1) is 20.8 Å². The number of nitrogens with two attached hydrogens (primary N) is 1. The van der Waals surface area contributed by atoms with Crippen LogP contribution in [0.15, 0.2) is 0 Å². The monoisotopic (exact) mass is 317 g/mol. The summed E-state index contributed by atoms with van der Waals surface area (Å²) in [7, 11) is 0. The summed E-state index contributed by atoms with van der Waals surface area (Å²) in [4.78, 5) is 21.0. The predicted octanol–water partition coefficient (Wildman–Crippen LogP) is 3.82. The zero-order chi connectivity index (χ0) is 15.9. The molecule has 0 atom stereocenters. The molecule has 4 nitrogen and oxygen atoms in total. The lowest BCUT2D eigenvalue weighted by Gasteiger charge is -2.19. The van der Waals surface area contributed by atoms with Crippen molar-refractivity contribution in [1.82, 2.24) is 9.88 Å². The van der Waals surface area contributed by atoms with Crippen molar-refractivity contribution in [2.45, 2.75) is 46.5 Å². The van der Waals surface area contributed by atoms with Gasteiger partial charge in [0, 0.05) is 24.2 Å². The van der Waals surface area contributed by atoms with E-state index in [4.69, 9.17) is 5.73 Å². The third kappa shape index (κ3) is 2.47. The number of aryl methyl sites for hydroxylation is 2. The van der Waals surface area contributed by atoms with Gasteiger partial charge in [0.2, 0.25) is 0 Å². The molecule has 1 fully saturated rings. The highest BCUT2D eigenvalue weighted by Crippen LogP contribution is 2.37. The fourth-order valence-electron chi connectivity index (χ4n) is 3.14. The number of anilines is 1. The Labute approximate surface area is 135 Å². The molecule has 1 saturated heterocycles. The third-order valence-electron chi connectivity index (χ3n) is 4.76. The summed E-state index contributed by atoms with van der Waals surface area (Å²) in [5, 5.41) is 0.964. The van der Waals surface area contributed by atoms with E-state index in [0.717, 1.165) is 53.0 Å². The Balaban J connectivity index is 2.05. The number of hydrogen-bond acceptors (Lipinski definition) is 4. The average Bonchev–Trinajstić information content (AvgIpc) is 2.70. The maximum Gasteiger partial charge on any atom is 0.266 e. The molecule has 0 aromatic carbocycles. The van der Waals surface area contributed by atoms with E-state index < -0.39 is 0 Å².